The van der Waals surface area contributed by atoms with Crippen molar-refractivity contribution in [3.05, 3.63) is 29.3 Å². The zero-order chi connectivity index (χ0) is 15.9. The standard InChI is InChI=1S/C16H24F3NO/c1-2-3-4-5-6-7-8-15(21)13-11-12(16(17,18)19)9-10-14(13)20/h9-11,15,21H,2-8,20H2,1H3. The van der Waals surface area contributed by atoms with Crippen LogP contribution in [0.15, 0.2) is 18.2 Å². The number of hydrogen-bond donors (Lipinski definition) is 2. The Bertz CT molecular complexity index is 432. The normalized spacial score (nSPS) is 13.4. The summed E-state index contributed by atoms with van der Waals surface area (Å²) < 4.78 is 38.0. The predicted octanol–water partition coefficient (Wildman–Crippen LogP) is 5.07. The van der Waals surface area contributed by atoms with E-state index < -0.39 is 17.8 Å². The van der Waals surface area contributed by atoms with Gasteiger partial charge in [-0.3, -0.25) is 0 Å². The van der Waals surface area contributed by atoms with Crippen LogP contribution >= 0.6 is 0 Å². The van der Waals surface area contributed by atoms with E-state index in [0.29, 0.717) is 6.42 Å². The summed E-state index contributed by atoms with van der Waals surface area (Å²) in [6.07, 6.45) is 1.50. The predicted molar refractivity (Wildman–Crippen MR) is 78.8 cm³/mol. The molecule has 0 spiro atoms. The van der Waals surface area contributed by atoms with Gasteiger partial charge in [-0.05, 0) is 24.6 Å². The number of rotatable bonds is 8. The Hall–Kier alpha value is -1.23. The fourth-order valence-corrected chi connectivity index (χ4v) is 2.31. The largest absolute Gasteiger partial charge is 0.416 e. The molecule has 3 N–H and O–H groups in total. The smallest absolute Gasteiger partial charge is 0.398 e. The van der Waals surface area contributed by atoms with Crippen molar-refractivity contribution in [1.29, 1.82) is 0 Å². The Morgan fingerprint density at radius 3 is 2.33 bits per heavy atom. The summed E-state index contributed by atoms with van der Waals surface area (Å²) in [7, 11) is 0. The Kier molecular flexibility index (Phi) is 7.02. The van der Waals surface area contributed by atoms with Gasteiger partial charge in [0.05, 0.1) is 11.7 Å². The van der Waals surface area contributed by atoms with Gasteiger partial charge in [-0.15, -0.1) is 0 Å². The number of nitrogen functional groups attached to an aromatic ring is 1. The van der Waals surface area contributed by atoms with Crippen molar-refractivity contribution in [2.75, 3.05) is 5.73 Å². The van der Waals surface area contributed by atoms with Crippen LogP contribution in [0.3, 0.4) is 0 Å². The average Bonchev–Trinajstić information content (AvgIpc) is 2.41. The molecule has 0 bridgehead atoms. The van der Waals surface area contributed by atoms with Crippen LogP contribution in [0.2, 0.25) is 0 Å². The van der Waals surface area contributed by atoms with E-state index in [0.717, 1.165) is 37.8 Å². The zero-order valence-corrected chi connectivity index (χ0v) is 12.4. The molecule has 0 radical (unpaired) electrons. The molecule has 1 atom stereocenters. The maximum absolute atomic E-state index is 12.7. The molecule has 0 fully saturated rings. The lowest BCUT2D eigenvalue weighted by molar-refractivity contribution is -0.137. The lowest BCUT2D eigenvalue weighted by Gasteiger charge is -2.16. The van der Waals surface area contributed by atoms with Crippen LogP contribution in [0.5, 0.6) is 0 Å². The molecule has 21 heavy (non-hydrogen) atoms. The average molecular weight is 303 g/mol. The van der Waals surface area contributed by atoms with Crippen LogP contribution in [0.4, 0.5) is 18.9 Å². The minimum absolute atomic E-state index is 0.179. The number of aliphatic hydroxyl groups excluding tert-OH is 1. The summed E-state index contributed by atoms with van der Waals surface area (Å²) >= 11 is 0. The van der Waals surface area contributed by atoms with Crippen LogP contribution in [0.25, 0.3) is 0 Å². The first-order valence-corrected chi connectivity index (χ1v) is 7.51. The molecule has 1 unspecified atom stereocenters. The molecule has 1 aromatic rings. The Morgan fingerprint density at radius 2 is 1.71 bits per heavy atom. The van der Waals surface area contributed by atoms with Gasteiger partial charge in [-0.2, -0.15) is 13.2 Å². The van der Waals surface area contributed by atoms with Crippen LogP contribution in [0.1, 0.15) is 69.1 Å². The summed E-state index contributed by atoms with van der Waals surface area (Å²) in [5, 5.41) is 10.0. The topological polar surface area (TPSA) is 46.2 Å². The summed E-state index contributed by atoms with van der Waals surface area (Å²) in [6, 6.07) is 3.11. The highest BCUT2D eigenvalue weighted by atomic mass is 19.4. The number of benzene rings is 1. The number of halogens is 3. The van der Waals surface area contributed by atoms with Crippen molar-refractivity contribution in [1.82, 2.24) is 0 Å². The molecule has 1 aromatic carbocycles. The summed E-state index contributed by atoms with van der Waals surface area (Å²) in [4.78, 5) is 0. The molecule has 0 aliphatic rings. The van der Waals surface area contributed by atoms with E-state index in [2.05, 4.69) is 6.92 Å². The maximum atomic E-state index is 12.7. The van der Waals surface area contributed by atoms with E-state index in [4.69, 9.17) is 5.73 Å². The van der Waals surface area contributed by atoms with Gasteiger partial charge in [0.2, 0.25) is 0 Å². The first-order valence-electron chi connectivity index (χ1n) is 7.51. The number of unbranched alkanes of at least 4 members (excludes halogenated alkanes) is 5. The third-order valence-corrected chi connectivity index (χ3v) is 3.60. The van der Waals surface area contributed by atoms with E-state index in [-0.39, 0.29) is 11.3 Å². The van der Waals surface area contributed by atoms with Gasteiger partial charge in [0, 0.05) is 11.3 Å². The Morgan fingerprint density at radius 1 is 1.10 bits per heavy atom. The van der Waals surface area contributed by atoms with Crippen LogP contribution in [0, 0.1) is 0 Å². The molecule has 2 nitrogen and oxygen atoms in total. The number of nitrogens with two attached hydrogens (primary N) is 1. The number of hydrogen-bond acceptors (Lipinski definition) is 2. The second-order valence-corrected chi connectivity index (χ2v) is 5.41. The van der Waals surface area contributed by atoms with Crippen molar-refractivity contribution in [2.45, 2.75) is 64.1 Å². The van der Waals surface area contributed by atoms with Crippen molar-refractivity contribution < 1.29 is 18.3 Å². The lowest BCUT2D eigenvalue weighted by Crippen LogP contribution is -2.09. The second-order valence-electron chi connectivity index (χ2n) is 5.41. The molecule has 0 saturated carbocycles. The lowest BCUT2D eigenvalue weighted by atomic mass is 9.98. The first kappa shape index (κ1) is 17.8. The van der Waals surface area contributed by atoms with Crippen molar-refractivity contribution in [2.24, 2.45) is 0 Å². The molecule has 5 heteroatoms. The van der Waals surface area contributed by atoms with E-state index in [1.165, 1.54) is 18.9 Å². The highest BCUT2D eigenvalue weighted by Crippen LogP contribution is 2.34. The van der Waals surface area contributed by atoms with Crippen LogP contribution in [-0.4, -0.2) is 5.11 Å². The van der Waals surface area contributed by atoms with E-state index in [1.54, 1.807) is 0 Å². The molecular weight excluding hydrogens is 279 g/mol. The van der Waals surface area contributed by atoms with Crippen LogP contribution < -0.4 is 5.73 Å². The summed E-state index contributed by atoms with van der Waals surface area (Å²) in [6.45, 7) is 2.14. The summed E-state index contributed by atoms with van der Waals surface area (Å²) in [5.74, 6) is 0. The van der Waals surface area contributed by atoms with Crippen molar-refractivity contribution >= 4 is 5.69 Å². The molecule has 0 saturated heterocycles. The van der Waals surface area contributed by atoms with E-state index in [9.17, 15) is 18.3 Å². The fraction of sp³-hybridized carbons (Fsp3) is 0.625. The van der Waals surface area contributed by atoms with E-state index in [1.807, 2.05) is 0 Å². The minimum atomic E-state index is -4.41. The van der Waals surface area contributed by atoms with E-state index >= 15 is 0 Å². The van der Waals surface area contributed by atoms with Gasteiger partial charge >= 0.3 is 6.18 Å². The third-order valence-electron chi connectivity index (χ3n) is 3.60. The number of alkyl halides is 3. The molecular formula is C16H24F3NO. The SMILES string of the molecule is CCCCCCCCC(O)c1cc(C(F)(F)F)ccc1N. The van der Waals surface area contributed by atoms with Crippen LogP contribution in [-0.2, 0) is 6.18 Å². The van der Waals surface area contributed by atoms with Crippen molar-refractivity contribution in [3.8, 4) is 0 Å². The van der Waals surface area contributed by atoms with Gasteiger partial charge < -0.3 is 10.8 Å². The van der Waals surface area contributed by atoms with Gasteiger partial charge in [0.1, 0.15) is 0 Å². The number of anilines is 1. The number of aliphatic hydroxyl groups is 1. The molecule has 0 aliphatic heterocycles. The Balaban J connectivity index is 2.55. The monoisotopic (exact) mass is 303 g/mol. The third kappa shape index (κ3) is 5.96. The molecule has 120 valence electrons. The molecule has 1 rings (SSSR count). The summed E-state index contributed by atoms with van der Waals surface area (Å²) in [5.41, 5.74) is 5.30. The molecule has 0 aromatic heterocycles. The van der Waals surface area contributed by atoms with Gasteiger partial charge in [-0.1, -0.05) is 45.4 Å². The van der Waals surface area contributed by atoms with Crippen molar-refractivity contribution in [3.63, 3.8) is 0 Å². The van der Waals surface area contributed by atoms with Gasteiger partial charge in [-0.25, -0.2) is 0 Å². The highest BCUT2D eigenvalue weighted by Gasteiger charge is 2.31. The molecule has 0 heterocycles. The minimum Gasteiger partial charge on any atom is -0.398 e. The zero-order valence-electron chi connectivity index (χ0n) is 12.4. The highest BCUT2D eigenvalue weighted by molar-refractivity contribution is 5.50. The van der Waals surface area contributed by atoms with Gasteiger partial charge in [0.15, 0.2) is 0 Å². The first-order chi connectivity index (χ1) is 9.86. The quantitative estimate of drug-likeness (QED) is 0.520. The Labute approximate surface area is 124 Å². The maximum Gasteiger partial charge on any atom is 0.416 e. The molecule has 0 amide bonds. The van der Waals surface area contributed by atoms with Gasteiger partial charge in [0.25, 0.3) is 0 Å². The molecule has 0 aliphatic carbocycles. The fourth-order valence-electron chi connectivity index (χ4n) is 2.31. The second kappa shape index (κ2) is 8.27.